The van der Waals surface area contributed by atoms with Gasteiger partial charge in [0.05, 0.1) is 0 Å². The molecular weight excluding hydrogens is 246 g/mol. The predicted octanol–water partition coefficient (Wildman–Crippen LogP) is 4.72. The van der Waals surface area contributed by atoms with Crippen LogP contribution in [0.5, 0.6) is 5.75 Å². The number of aryl methyl sites for hydroxylation is 1. The Morgan fingerprint density at radius 3 is 2.05 bits per heavy atom. The van der Waals surface area contributed by atoms with Gasteiger partial charge < -0.3 is 10.8 Å². The molecule has 0 unspecified atom stereocenters. The molecule has 0 saturated heterocycles. The van der Waals surface area contributed by atoms with Crippen LogP contribution in [0.4, 0.5) is 0 Å². The minimum absolute atomic E-state index is 0.380. The third kappa shape index (κ3) is 6.42. The highest BCUT2D eigenvalue weighted by Crippen LogP contribution is 2.23. The van der Waals surface area contributed by atoms with Crippen LogP contribution in [0.25, 0.3) is 0 Å². The Bertz CT molecular complexity index is 362. The lowest BCUT2D eigenvalue weighted by Crippen LogP contribution is -1.98. The number of hydrogen-bond donors (Lipinski definition) is 2. The zero-order chi connectivity index (χ0) is 14.6. The molecule has 3 N–H and O–H groups in total. The van der Waals surface area contributed by atoms with Gasteiger partial charge in [-0.1, -0.05) is 58.3 Å². The first-order valence-electron chi connectivity index (χ1n) is 8.20. The summed E-state index contributed by atoms with van der Waals surface area (Å²) in [7, 11) is 0. The molecule has 0 saturated carbocycles. The molecule has 0 aliphatic carbocycles. The first-order chi connectivity index (χ1) is 9.79. The van der Waals surface area contributed by atoms with Crippen molar-refractivity contribution in [2.45, 2.75) is 77.7 Å². The maximum absolute atomic E-state index is 10.0. The highest BCUT2D eigenvalue weighted by Gasteiger charge is 2.05. The van der Waals surface area contributed by atoms with E-state index in [2.05, 4.69) is 13.0 Å². The molecule has 1 rings (SSSR count). The molecule has 0 heterocycles. The minimum Gasteiger partial charge on any atom is -0.507 e. The summed E-state index contributed by atoms with van der Waals surface area (Å²) in [5.74, 6) is 0.380. The van der Waals surface area contributed by atoms with E-state index < -0.39 is 0 Å². The minimum atomic E-state index is 0.380. The fraction of sp³-hybridized carbons (Fsp3) is 0.667. The molecule has 2 heteroatoms. The number of aromatic hydroxyl groups is 1. The Hall–Kier alpha value is -1.02. The van der Waals surface area contributed by atoms with Gasteiger partial charge in [-0.05, 0) is 36.6 Å². The number of nitrogens with two attached hydrogens (primary N) is 1. The summed E-state index contributed by atoms with van der Waals surface area (Å²) in [6.45, 7) is 2.64. The van der Waals surface area contributed by atoms with Gasteiger partial charge in [0.2, 0.25) is 0 Å². The van der Waals surface area contributed by atoms with Crippen molar-refractivity contribution in [3.05, 3.63) is 29.3 Å². The van der Waals surface area contributed by atoms with Crippen LogP contribution in [-0.4, -0.2) is 5.11 Å². The second kappa shape index (κ2) is 10.7. The number of phenols is 1. The van der Waals surface area contributed by atoms with E-state index in [0.29, 0.717) is 12.3 Å². The van der Waals surface area contributed by atoms with Crippen molar-refractivity contribution in [2.75, 3.05) is 0 Å². The van der Waals surface area contributed by atoms with Gasteiger partial charge in [0, 0.05) is 12.1 Å². The van der Waals surface area contributed by atoms with Crippen LogP contribution in [0.2, 0.25) is 0 Å². The van der Waals surface area contributed by atoms with Crippen LogP contribution in [0.1, 0.15) is 75.8 Å². The summed E-state index contributed by atoms with van der Waals surface area (Å²) in [5.41, 5.74) is 7.38. The van der Waals surface area contributed by atoms with Gasteiger partial charge in [-0.3, -0.25) is 0 Å². The van der Waals surface area contributed by atoms with Crippen LogP contribution in [-0.2, 0) is 13.0 Å². The van der Waals surface area contributed by atoms with E-state index in [0.717, 1.165) is 24.0 Å². The van der Waals surface area contributed by atoms with E-state index in [4.69, 9.17) is 5.73 Å². The molecule has 1 aromatic carbocycles. The second-order valence-corrected chi connectivity index (χ2v) is 5.64. The normalized spacial score (nSPS) is 10.9. The second-order valence-electron chi connectivity index (χ2n) is 5.64. The average Bonchev–Trinajstić information content (AvgIpc) is 2.47. The Labute approximate surface area is 124 Å². The van der Waals surface area contributed by atoms with E-state index in [-0.39, 0.29) is 0 Å². The molecule has 0 aliphatic rings. The zero-order valence-corrected chi connectivity index (χ0v) is 13.0. The van der Waals surface area contributed by atoms with Crippen molar-refractivity contribution in [1.29, 1.82) is 0 Å². The van der Waals surface area contributed by atoms with Gasteiger partial charge in [0.25, 0.3) is 0 Å². The molecule has 1 radical (unpaired) electrons. The highest BCUT2D eigenvalue weighted by molar-refractivity contribution is 5.39. The number of unbranched alkanes of at least 4 members (excludes halogenated alkanes) is 8. The summed E-state index contributed by atoms with van der Waals surface area (Å²) in [4.78, 5) is 0. The molecular formula is C18H30NO. The predicted molar refractivity (Wildman–Crippen MR) is 85.8 cm³/mol. The van der Waals surface area contributed by atoms with Crippen LogP contribution < -0.4 is 5.73 Å². The number of phenolic OH excluding ortho intramolecular Hbond substituents is 1. The fourth-order valence-electron chi connectivity index (χ4n) is 2.56. The van der Waals surface area contributed by atoms with Crippen LogP contribution in [0.15, 0.2) is 12.1 Å². The maximum atomic E-state index is 10.0. The molecule has 2 nitrogen and oxygen atoms in total. The lowest BCUT2D eigenvalue weighted by atomic mass is 10.0. The molecule has 0 spiro atoms. The maximum Gasteiger partial charge on any atom is 0.123 e. The van der Waals surface area contributed by atoms with E-state index in [1.807, 2.05) is 6.07 Å². The molecule has 0 fully saturated rings. The van der Waals surface area contributed by atoms with E-state index in [1.165, 1.54) is 51.4 Å². The molecule has 0 atom stereocenters. The molecule has 0 amide bonds. The summed E-state index contributed by atoms with van der Waals surface area (Å²) in [6, 6.07) is 6.72. The third-order valence-electron chi connectivity index (χ3n) is 3.89. The van der Waals surface area contributed by atoms with E-state index >= 15 is 0 Å². The monoisotopic (exact) mass is 276 g/mol. The van der Waals surface area contributed by atoms with Gasteiger partial charge in [0.1, 0.15) is 5.75 Å². The van der Waals surface area contributed by atoms with Crippen molar-refractivity contribution in [1.82, 2.24) is 0 Å². The Kier molecular flexibility index (Phi) is 9.14. The summed E-state index contributed by atoms with van der Waals surface area (Å²) >= 11 is 0. The van der Waals surface area contributed by atoms with Gasteiger partial charge in [-0.15, -0.1) is 0 Å². The highest BCUT2D eigenvalue weighted by atomic mass is 16.3. The Morgan fingerprint density at radius 2 is 1.45 bits per heavy atom. The number of rotatable bonds is 11. The number of benzene rings is 1. The first-order valence-corrected chi connectivity index (χ1v) is 8.20. The van der Waals surface area contributed by atoms with Crippen molar-refractivity contribution < 1.29 is 5.11 Å². The van der Waals surface area contributed by atoms with Crippen molar-refractivity contribution in [3.63, 3.8) is 0 Å². The molecule has 1 aromatic rings. The Morgan fingerprint density at radius 1 is 0.900 bits per heavy atom. The topological polar surface area (TPSA) is 46.2 Å². The fourth-order valence-corrected chi connectivity index (χ4v) is 2.56. The quantitative estimate of drug-likeness (QED) is 0.574. The molecule has 0 aliphatic heterocycles. The van der Waals surface area contributed by atoms with Gasteiger partial charge >= 0.3 is 0 Å². The first kappa shape index (κ1) is 17.0. The summed E-state index contributed by atoms with van der Waals surface area (Å²) in [5, 5.41) is 10.0. The Balaban J connectivity index is 2.09. The average molecular weight is 276 g/mol. The third-order valence-corrected chi connectivity index (χ3v) is 3.89. The van der Waals surface area contributed by atoms with Gasteiger partial charge in [0.15, 0.2) is 0 Å². The van der Waals surface area contributed by atoms with Crippen LogP contribution >= 0.6 is 0 Å². The SMILES string of the molecule is CCCCCCCCCCCc1c[c]cc(CN)c1O. The standard InChI is InChI=1S/C18H30NO/c1-2-3-4-5-6-7-8-9-10-12-16-13-11-14-17(15-19)18(16)20/h13-14,20H,2-10,12,15,19H2,1H3. The van der Waals surface area contributed by atoms with Crippen LogP contribution in [0.3, 0.4) is 0 Å². The van der Waals surface area contributed by atoms with E-state index in [1.54, 1.807) is 6.07 Å². The summed E-state index contributed by atoms with van der Waals surface area (Å²) < 4.78 is 0. The molecule has 20 heavy (non-hydrogen) atoms. The number of hydrogen-bond acceptors (Lipinski definition) is 2. The van der Waals surface area contributed by atoms with Crippen LogP contribution in [0, 0.1) is 6.07 Å². The van der Waals surface area contributed by atoms with Crippen molar-refractivity contribution in [3.8, 4) is 5.75 Å². The largest absolute Gasteiger partial charge is 0.507 e. The lowest BCUT2D eigenvalue weighted by Gasteiger charge is -2.08. The van der Waals surface area contributed by atoms with Crippen molar-refractivity contribution >= 4 is 0 Å². The molecule has 113 valence electrons. The zero-order valence-electron chi connectivity index (χ0n) is 13.0. The van der Waals surface area contributed by atoms with Gasteiger partial charge in [-0.25, -0.2) is 0 Å². The van der Waals surface area contributed by atoms with Gasteiger partial charge in [-0.2, -0.15) is 0 Å². The smallest absolute Gasteiger partial charge is 0.123 e. The lowest BCUT2D eigenvalue weighted by molar-refractivity contribution is 0.459. The molecule has 0 aromatic heterocycles. The molecule has 0 bridgehead atoms. The summed E-state index contributed by atoms with van der Waals surface area (Å²) in [6.07, 6.45) is 12.9. The van der Waals surface area contributed by atoms with Crippen molar-refractivity contribution in [2.24, 2.45) is 5.73 Å². The van der Waals surface area contributed by atoms with E-state index in [9.17, 15) is 5.11 Å².